The molecule has 5 nitrogen and oxygen atoms in total. The van der Waals surface area contributed by atoms with Crippen molar-refractivity contribution in [3.05, 3.63) is 46.7 Å². The van der Waals surface area contributed by atoms with Crippen LogP contribution in [0.15, 0.2) is 30.5 Å². The summed E-state index contributed by atoms with van der Waals surface area (Å²) in [6.07, 6.45) is 1.55. The minimum Gasteiger partial charge on any atom is -0.504 e. The first kappa shape index (κ1) is 14.1. The number of benzene rings is 1. The van der Waals surface area contributed by atoms with Crippen molar-refractivity contribution in [2.75, 3.05) is 12.4 Å². The molecule has 2 aromatic rings. The number of nitrogens with zero attached hydrogens (tertiary/aromatic N) is 1. The van der Waals surface area contributed by atoms with Gasteiger partial charge in [-0.15, -0.1) is 0 Å². The maximum Gasteiger partial charge on any atom is 0.259 e. The van der Waals surface area contributed by atoms with Crippen molar-refractivity contribution in [2.24, 2.45) is 0 Å². The number of amides is 1. The quantitative estimate of drug-likeness (QED) is 0.853. The maximum atomic E-state index is 12.2. The normalized spacial score (nSPS) is 10.2. The number of pyridine rings is 1. The molecule has 6 heteroatoms. The van der Waals surface area contributed by atoms with Crippen LogP contribution in [0.3, 0.4) is 0 Å². The Hall–Kier alpha value is -2.27. The van der Waals surface area contributed by atoms with Crippen molar-refractivity contribution in [3.63, 3.8) is 0 Å². The van der Waals surface area contributed by atoms with E-state index in [9.17, 15) is 9.90 Å². The number of aromatic nitrogens is 1. The van der Waals surface area contributed by atoms with Gasteiger partial charge in [-0.1, -0.05) is 17.7 Å². The Balaban J connectivity index is 2.34. The van der Waals surface area contributed by atoms with Gasteiger partial charge < -0.3 is 15.2 Å². The third-order valence-corrected chi connectivity index (χ3v) is 3.10. The second kappa shape index (κ2) is 5.79. The van der Waals surface area contributed by atoms with Crippen LogP contribution in [0, 0.1) is 6.92 Å². The third kappa shape index (κ3) is 2.67. The van der Waals surface area contributed by atoms with E-state index in [1.54, 1.807) is 31.3 Å². The molecular formula is C14H13ClN2O3. The molecule has 1 aromatic carbocycles. The fourth-order valence-corrected chi connectivity index (χ4v) is 1.98. The fraction of sp³-hybridized carbons (Fsp3) is 0.143. The summed E-state index contributed by atoms with van der Waals surface area (Å²) in [6, 6.07) is 6.40. The molecular weight excluding hydrogens is 280 g/mol. The zero-order valence-electron chi connectivity index (χ0n) is 11.0. The van der Waals surface area contributed by atoms with Gasteiger partial charge in [0.1, 0.15) is 0 Å². The smallest absolute Gasteiger partial charge is 0.259 e. The van der Waals surface area contributed by atoms with E-state index in [1.165, 1.54) is 13.2 Å². The number of methoxy groups -OCH3 is 1. The van der Waals surface area contributed by atoms with Crippen molar-refractivity contribution >= 4 is 23.2 Å². The molecule has 0 saturated carbocycles. The van der Waals surface area contributed by atoms with E-state index in [0.717, 1.165) is 5.56 Å². The van der Waals surface area contributed by atoms with Crippen molar-refractivity contribution in [1.82, 2.24) is 4.98 Å². The minimum atomic E-state index is -0.487. The first-order chi connectivity index (χ1) is 9.54. The lowest BCUT2D eigenvalue weighted by Gasteiger charge is -2.11. The Labute approximate surface area is 121 Å². The van der Waals surface area contributed by atoms with Crippen molar-refractivity contribution in [2.45, 2.75) is 6.92 Å². The van der Waals surface area contributed by atoms with Crippen LogP contribution in [-0.2, 0) is 0 Å². The summed E-state index contributed by atoms with van der Waals surface area (Å²) in [6.45, 7) is 1.80. The zero-order chi connectivity index (χ0) is 14.7. The molecule has 0 atom stereocenters. The second-order valence-corrected chi connectivity index (χ2v) is 4.46. The molecule has 0 saturated heterocycles. The third-order valence-electron chi connectivity index (χ3n) is 2.82. The lowest BCUT2D eigenvalue weighted by Crippen LogP contribution is -2.14. The summed E-state index contributed by atoms with van der Waals surface area (Å²) < 4.78 is 4.97. The Morgan fingerprint density at radius 1 is 1.40 bits per heavy atom. The van der Waals surface area contributed by atoms with Crippen LogP contribution in [0.4, 0.5) is 5.69 Å². The molecule has 0 aliphatic carbocycles. The molecule has 0 fully saturated rings. The number of carbonyl (C=O) groups excluding carboxylic acids is 1. The van der Waals surface area contributed by atoms with Crippen LogP contribution in [0.2, 0.25) is 5.15 Å². The highest BCUT2D eigenvalue weighted by Crippen LogP contribution is 2.31. The van der Waals surface area contributed by atoms with Gasteiger partial charge in [0.15, 0.2) is 16.7 Å². The van der Waals surface area contributed by atoms with E-state index in [1.807, 2.05) is 0 Å². The Bertz CT molecular complexity index is 639. The highest BCUT2D eigenvalue weighted by atomic mass is 35.5. The molecule has 0 spiro atoms. The maximum absolute atomic E-state index is 12.2. The van der Waals surface area contributed by atoms with E-state index >= 15 is 0 Å². The van der Waals surface area contributed by atoms with E-state index in [2.05, 4.69) is 10.3 Å². The predicted molar refractivity (Wildman–Crippen MR) is 76.6 cm³/mol. The molecule has 1 heterocycles. The number of aromatic hydroxyl groups is 1. The number of phenolic OH excluding ortho intramolecular Hbond substituents is 1. The molecule has 0 unspecified atom stereocenters. The summed E-state index contributed by atoms with van der Waals surface area (Å²) in [5.74, 6) is -0.476. The van der Waals surface area contributed by atoms with Gasteiger partial charge in [-0.25, -0.2) is 4.98 Å². The van der Waals surface area contributed by atoms with Gasteiger partial charge in [0.2, 0.25) is 0 Å². The highest BCUT2D eigenvalue weighted by Gasteiger charge is 2.17. The van der Waals surface area contributed by atoms with Crippen LogP contribution in [0.1, 0.15) is 15.9 Å². The minimum absolute atomic E-state index is 0.101. The monoisotopic (exact) mass is 292 g/mol. The Morgan fingerprint density at radius 3 is 2.80 bits per heavy atom. The molecule has 0 radical (unpaired) electrons. The number of halogens is 1. The molecule has 2 rings (SSSR count). The number of ether oxygens (including phenoxy) is 1. The molecule has 2 N–H and O–H groups in total. The lowest BCUT2D eigenvalue weighted by molar-refractivity contribution is 0.102. The van der Waals surface area contributed by atoms with Gasteiger partial charge in [-0.2, -0.15) is 0 Å². The number of nitrogens with one attached hydrogen (secondary N) is 1. The van der Waals surface area contributed by atoms with Crippen LogP contribution >= 0.6 is 11.6 Å². The molecule has 20 heavy (non-hydrogen) atoms. The number of phenols is 1. The number of para-hydroxylation sites is 1. The summed E-state index contributed by atoms with van der Waals surface area (Å²) >= 11 is 5.95. The SMILES string of the molecule is COc1cccc(C(=O)Nc2c(C)ccnc2Cl)c1O. The van der Waals surface area contributed by atoms with Crippen LogP contribution < -0.4 is 10.1 Å². The number of hydrogen-bond donors (Lipinski definition) is 2. The second-order valence-electron chi connectivity index (χ2n) is 4.10. The standard InChI is InChI=1S/C14H13ClN2O3/c1-8-6-7-16-13(15)11(8)17-14(19)9-4-3-5-10(20-2)12(9)18/h3-7,18H,1-2H3,(H,17,19). The van der Waals surface area contributed by atoms with Gasteiger partial charge in [0.25, 0.3) is 5.91 Å². The lowest BCUT2D eigenvalue weighted by atomic mass is 10.1. The summed E-state index contributed by atoms with van der Waals surface area (Å²) in [5, 5.41) is 12.8. The number of aryl methyl sites for hydroxylation is 1. The van der Waals surface area contributed by atoms with Crippen LogP contribution in [-0.4, -0.2) is 23.1 Å². The van der Waals surface area contributed by atoms with Crippen LogP contribution in [0.25, 0.3) is 0 Å². The summed E-state index contributed by atoms with van der Waals surface area (Å²) in [5.41, 5.74) is 1.30. The van der Waals surface area contributed by atoms with Crippen molar-refractivity contribution in [3.8, 4) is 11.5 Å². The zero-order valence-corrected chi connectivity index (χ0v) is 11.7. The van der Waals surface area contributed by atoms with E-state index in [-0.39, 0.29) is 22.2 Å². The Morgan fingerprint density at radius 2 is 2.15 bits per heavy atom. The molecule has 1 amide bonds. The summed E-state index contributed by atoms with van der Waals surface area (Å²) in [7, 11) is 1.42. The first-order valence-corrected chi connectivity index (χ1v) is 6.20. The molecule has 0 bridgehead atoms. The predicted octanol–water partition coefficient (Wildman–Crippen LogP) is 3.01. The van der Waals surface area contributed by atoms with Crippen molar-refractivity contribution < 1.29 is 14.6 Å². The average Bonchev–Trinajstić information content (AvgIpc) is 2.43. The number of hydrogen-bond acceptors (Lipinski definition) is 4. The molecule has 0 aliphatic rings. The number of carbonyl (C=O) groups is 1. The van der Waals surface area contributed by atoms with E-state index in [4.69, 9.17) is 16.3 Å². The fourth-order valence-electron chi connectivity index (χ4n) is 1.73. The van der Waals surface area contributed by atoms with Gasteiger partial charge in [-0.05, 0) is 30.7 Å². The van der Waals surface area contributed by atoms with Gasteiger partial charge in [-0.3, -0.25) is 4.79 Å². The molecule has 104 valence electrons. The molecule has 1 aromatic heterocycles. The largest absolute Gasteiger partial charge is 0.504 e. The highest BCUT2D eigenvalue weighted by molar-refractivity contribution is 6.33. The van der Waals surface area contributed by atoms with Crippen molar-refractivity contribution in [1.29, 1.82) is 0 Å². The Kier molecular flexibility index (Phi) is 4.10. The van der Waals surface area contributed by atoms with Gasteiger partial charge in [0, 0.05) is 6.20 Å². The van der Waals surface area contributed by atoms with Gasteiger partial charge >= 0.3 is 0 Å². The number of rotatable bonds is 3. The van der Waals surface area contributed by atoms with E-state index in [0.29, 0.717) is 5.69 Å². The van der Waals surface area contributed by atoms with E-state index < -0.39 is 5.91 Å². The molecule has 0 aliphatic heterocycles. The average molecular weight is 293 g/mol. The first-order valence-electron chi connectivity index (χ1n) is 5.83. The van der Waals surface area contributed by atoms with Crippen LogP contribution in [0.5, 0.6) is 11.5 Å². The number of anilines is 1. The topological polar surface area (TPSA) is 71.5 Å². The van der Waals surface area contributed by atoms with Gasteiger partial charge in [0.05, 0.1) is 18.4 Å². The summed E-state index contributed by atoms with van der Waals surface area (Å²) in [4.78, 5) is 16.1.